The summed E-state index contributed by atoms with van der Waals surface area (Å²) in [5, 5.41) is 8.12. The van der Waals surface area contributed by atoms with Crippen LogP contribution >= 0.6 is 11.6 Å². The Bertz CT molecular complexity index is 1230. The molecule has 0 fully saturated rings. The molecule has 4 aromatic rings. The molecule has 6 heteroatoms. The number of rotatable bonds is 4. The molecule has 0 saturated heterocycles. The van der Waals surface area contributed by atoms with Gasteiger partial charge in [0.15, 0.2) is 5.82 Å². The van der Waals surface area contributed by atoms with E-state index in [1.54, 1.807) is 16.8 Å². The van der Waals surface area contributed by atoms with Gasteiger partial charge in [0.25, 0.3) is 5.91 Å². The van der Waals surface area contributed by atoms with Gasteiger partial charge in [-0.15, -0.1) is 5.10 Å². The van der Waals surface area contributed by atoms with Crippen molar-refractivity contribution in [3.63, 3.8) is 0 Å². The third-order valence-electron chi connectivity index (χ3n) is 4.90. The molecule has 0 aliphatic heterocycles. The van der Waals surface area contributed by atoms with E-state index in [0.29, 0.717) is 10.8 Å². The van der Waals surface area contributed by atoms with Gasteiger partial charge in [0.05, 0.1) is 5.69 Å². The van der Waals surface area contributed by atoms with Crippen molar-refractivity contribution in [3.8, 4) is 17.1 Å². The molecule has 1 amide bonds. The lowest BCUT2D eigenvalue weighted by atomic mass is 10.1. The third-order valence-corrected chi connectivity index (χ3v) is 5.15. The zero-order valence-corrected chi connectivity index (χ0v) is 17.7. The summed E-state index contributed by atoms with van der Waals surface area (Å²) in [5.74, 6) is 0.322. The van der Waals surface area contributed by atoms with Crippen molar-refractivity contribution >= 4 is 23.2 Å². The summed E-state index contributed by atoms with van der Waals surface area (Å²) in [6.45, 7) is 5.94. The van der Waals surface area contributed by atoms with Gasteiger partial charge >= 0.3 is 0 Å². The van der Waals surface area contributed by atoms with Gasteiger partial charge in [0.1, 0.15) is 0 Å². The zero-order valence-electron chi connectivity index (χ0n) is 17.0. The predicted molar refractivity (Wildman–Crippen MR) is 120 cm³/mol. The first-order chi connectivity index (χ1) is 14.4. The number of hydrogen-bond donors (Lipinski definition) is 1. The lowest BCUT2D eigenvalue weighted by Gasteiger charge is -2.09. The number of hydrogen-bond acceptors (Lipinski definition) is 3. The average molecular weight is 417 g/mol. The smallest absolute Gasteiger partial charge is 0.295 e. The molecule has 150 valence electrons. The van der Waals surface area contributed by atoms with Crippen LogP contribution in [0.5, 0.6) is 0 Å². The molecule has 0 radical (unpaired) electrons. The highest BCUT2D eigenvalue weighted by atomic mass is 35.5. The minimum atomic E-state index is -0.355. The highest BCUT2D eigenvalue weighted by molar-refractivity contribution is 6.30. The molecule has 3 aromatic carbocycles. The van der Waals surface area contributed by atoms with Crippen LogP contribution in [-0.2, 0) is 0 Å². The van der Waals surface area contributed by atoms with Gasteiger partial charge in [-0.2, -0.15) is 0 Å². The molecule has 1 heterocycles. The fourth-order valence-electron chi connectivity index (χ4n) is 3.21. The molecule has 0 aliphatic rings. The lowest BCUT2D eigenvalue weighted by Crippen LogP contribution is -2.15. The molecule has 0 spiro atoms. The molecule has 4 rings (SSSR count). The number of para-hydroxylation sites is 1. The standard InChI is InChI=1S/C24H21ClN4O/c1-15-8-9-16(2)20(14-15)26-24(30)22-27-23(18-10-12-19(25)13-11-18)29(28-22)21-7-5-4-6-17(21)3/h4-14H,1-3H3,(H,26,30). The number of halogens is 1. The Morgan fingerprint density at radius 1 is 0.933 bits per heavy atom. The highest BCUT2D eigenvalue weighted by Crippen LogP contribution is 2.25. The maximum Gasteiger partial charge on any atom is 0.295 e. The first kappa shape index (κ1) is 19.9. The molecule has 0 bridgehead atoms. The molecule has 1 N–H and O–H groups in total. The minimum Gasteiger partial charge on any atom is -0.319 e. The van der Waals surface area contributed by atoms with Crippen LogP contribution in [0.1, 0.15) is 27.3 Å². The fourth-order valence-corrected chi connectivity index (χ4v) is 3.34. The van der Waals surface area contributed by atoms with E-state index in [9.17, 15) is 4.79 Å². The van der Waals surface area contributed by atoms with E-state index in [0.717, 1.165) is 33.6 Å². The number of benzene rings is 3. The van der Waals surface area contributed by atoms with Gasteiger partial charge in [-0.1, -0.05) is 41.9 Å². The Morgan fingerprint density at radius 2 is 1.67 bits per heavy atom. The van der Waals surface area contributed by atoms with Crippen LogP contribution in [0.4, 0.5) is 5.69 Å². The summed E-state index contributed by atoms with van der Waals surface area (Å²) < 4.78 is 1.70. The Balaban J connectivity index is 1.79. The number of anilines is 1. The summed E-state index contributed by atoms with van der Waals surface area (Å²) >= 11 is 6.05. The SMILES string of the molecule is Cc1ccc(C)c(NC(=O)c2nc(-c3ccc(Cl)cc3)n(-c3ccccc3C)n2)c1. The van der Waals surface area contributed by atoms with E-state index in [2.05, 4.69) is 15.4 Å². The number of amides is 1. The van der Waals surface area contributed by atoms with E-state index in [-0.39, 0.29) is 11.7 Å². The van der Waals surface area contributed by atoms with Gasteiger partial charge in [-0.3, -0.25) is 4.79 Å². The molecule has 30 heavy (non-hydrogen) atoms. The first-order valence-corrected chi connectivity index (χ1v) is 9.98. The monoisotopic (exact) mass is 416 g/mol. The van der Waals surface area contributed by atoms with Crippen LogP contribution in [0.3, 0.4) is 0 Å². The molecule has 1 aromatic heterocycles. The quantitative estimate of drug-likeness (QED) is 0.459. The number of carbonyl (C=O) groups excluding carboxylic acids is 1. The van der Waals surface area contributed by atoms with Crippen molar-refractivity contribution in [2.45, 2.75) is 20.8 Å². The van der Waals surface area contributed by atoms with Crippen molar-refractivity contribution in [2.75, 3.05) is 5.32 Å². The van der Waals surface area contributed by atoms with Crippen LogP contribution in [0, 0.1) is 20.8 Å². The van der Waals surface area contributed by atoms with Gasteiger partial charge in [0, 0.05) is 16.3 Å². The molecule has 0 atom stereocenters. The molecule has 0 aliphatic carbocycles. The van der Waals surface area contributed by atoms with Gasteiger partial charge in [-0.25, -0.2) is 9.67 Å². The molecule has 5 nitrogen and oxygen atoms in total. The second-order valence-corrected chi connectivity index (χ2v) is 7.67. The largest absolute Gasteiger partial charge is 0.319 e. The second-order valence-electron chi connectivity index (χ2n) is 7.24. The first-order valence-electron chi connectivity index (χ1n) is 9.60. The van der Waals surface area contributed by atoms with E-state index in [1.165, 1.54) is 0 Å². The number of aryl methyl sites for hydroxylation is 3. The van der Waals surface area contributed by atoms with Crippen LogP contribution in [0.2, 0.25) is 5.02 Å². The van der Waals surface area contributed by atoms with Gasteiger partial charge < -0.3 is 5.32 Å². The van der Waals surface area contributed by atoms with Crippen LogP contribution in [-0.4, -0.2) is 20.7 Å². The van der Waals surface area contributed by atoms with E-state index >= 15 is 0 Å². The lowest BCUT2D eigenvalue weighted by molar-refractivity contribution is 0.101. The second kappa shape index (κ2) is 8.13. The third kappa shape index (κ3) is 3.98. The van der Waals surface area contributed by atoms with E-state index in [4.69, 9.17) is 11.6 Å². The normalized spacial score (nSPS) is 10.8. The van der Waals surface area contributed by atoms with Crippen LogP contribution in [0.15, 0.2) is 66.7 Å². The topological polar surface area (TPSA) is 59.8 Å². The molecular formula is C24H21ClN4O. The van der Waals surface area contributed by atoms with Crippen molar-refractivity contribution < 1.29 is 4.79 Å². The van der Waals surface area contributed by atoms with Crippen molar-refractivity contribution in [1.29, 1.82) is 0 Å². The maximum absolute atomic E-state index is 13.0. The number of nitrogens with one attached hydrogen (secondary N) is 1. The van der Waals surface area contributed by atoms with Crippen LogP contribution < -0.4 is 5.32 Å². The molecular weight excluding hydrogens is 396 g/mol. The Morgan fingerprint density at radius 3 is 2.40 bits per heavy atom. The maximum atomic E-state index is 13.0. The number of carbonyl (C=O) groups is 1. The van der Waals surface area contributed by atoms with Crippen molar-refractivity contribution in [3.05, 3.63) is 94.3 Å². The van der Waals surface area contributed by atoms with Gasteiger partial charge in [0.2, 0.25) is 5.82 Å². The average Bonchev–Trinajstić information content (AvgIpc) is 3.17. The predicted octanol–water partition coefficient (Wildman–Crippen LogP) is 5.77. The summed E-state index contributed by atoms with van der Waals surface area (Å²) in [4.78, 5) is 17.5. The number of nitrogens with zero attached hydrogens (tertiary/aromatic N) is 3. The molecule has 0 saturated carbocycles. The van der Waals surface area contributed by atoms with E-state index in [1.807, 2.05) is 75.4 Å². The minimum absolute atomic E-state index is 0.101. The number of aromatic nitrogens is 3. The summed E-state index contributed by atoms with van der Waals surface area (Å²) in [5.41, 5.74) is 5.50. The van der Waals surface area contributed by atoms with Crippen molar-refractivity contribution in [1.82, 2.24) is 14.8 Å². The van der Waals surface area contributed by atoms with Gasteiger partial charge in [-0.05, 0) is 73.9 Å². The van der Waals surface area contributed by atoms with Crippen LogP contribution in [0.25, 0.3) is 17.1 Å². The summed E-state index contributed by atoms with van der Waals surface area (Å²) in [7, 11) is 0. The zero-order chi connectivity index (χ0) is 21.3. The highest BCUT2D eigenvalue weighted by Gasteiger charge is 2.20. The Hall–Kier alpha value is -3.44. The Kier molecular flexibility index (Phi) is 5.38. The summed E-state index contributed by atoms with van der Waals surface area (Å²) in [6, 6.07) is 21.1. The molecule has 0 unspecified atom stereocenters. The fraction of sp³-hybridized carbons (Fsp3) is 0.125. The van der Waals surface area contributed by atoms with Crippen molar-refractivity contribution in [2.24, 2.45) is 0 Å². The Labute approximate surface area is 180 Å². The van der Waals surface area contributed by atoms with E-state index < -0.39 is 0 Å². The summed E-state index contributed by atoms with van der Waals surface area (Å²) in [6.07, 6.45) is 0.